The zero-order chi connectivity index (χ0) is 14.4. The summed E-state index contributed by atoms with van der Waals surface area (Å²) in [5.74, 6) is 0.300. The van der Waals surface area contributed by atoms with Crippen LogP contribution in [-0.2, 0) is 4.74 Å². The summed E-state index contributed by atoms with van der Waals surface area (Å²) in [5, 5.41) is 0. The molecule has 0 spiro atoms. The highest BCUT2D eigenvalue weighted by atomic mass is 19.1. The van der Waals surface area contributed by atoms with E-state index in [4.69, 9.17) is 15.2 Å². The van der Waals surface area contributed by atoms with Crippen molar-refractivity contribution in [3.63, 3.8) is 0 Å². The van der Waals surface area contributed by atoms with Crippen molar-refractivity contribution in [2.45, 2.75) is 25.8 Å². The van der Waals surface area contributed by atoms with E-state index in [-0.39, 0.29) is 11.9 Å². The van der Waals surface area contributed by atoms with Gasteiger partial charge < -0.3 is 20.1 Å². The van der Waals surface area contributed by atoms with Gasteiger partial charge in [-0.3, -0.25) is 0 Å². The zero-order valence-corrected chi connectivity index (χ0v) is 12.0. The number of halogens is 1. The van der Waals surface area contributed by atoms with Crippen LogP contribution < -0.4 is 15.4 Å². The fourth-order valence-electron chi connectivity index (χ4n) is 2.34. The van der Waals surface area contributed by atoms with Crippen LogP contribution in [0, 0.1) is 5.82 Å². The summed E-state index contributed by atoms with van der Waals surface area (Å²) in [7, 11) is 0. The van der Waals surface area contributed by atoms with Crippen molar-refractivity contribution in [2.24, 2.45) is 5.73 Å². The third kappa shape index (κ3) is 4.08. The number of nitrogens with zero attached hydrogens (tertiary/aromatic N) is 1. The zero-order valence-electron chi connectivity index (χ0n) is 12.0. The van der Waals surface area contributed by atoms with Gasteiger partial charge in [-0.25, -0.2) is 4.39 Å². The smallest absolute Gasteiger partial charge is 0.150 e. The van der Waals surface area contributed by atoms with Gasteiger partial charge in [-0.15, -0.1) is 0 Å². The van der Waals surface area contributed by atoms with Crippen molar-refractivity contribution in [1.29, 1.82) is 0 Å². The SMILES string of the molecule is CCOCCOc1ccc(N2CCC(N)CC2)c(F)c1. The molecule has 0 radical (unpaired) electrons. The summed E-state index contributed by atoms with van der Waals surface area (Å²) in [4.78, 5) is 2.04. The van der Waals surface area contributed by atoms with E-state index < -0.39 is 0 Å². The number of piperidine rings is 1. The van der Waals surface area contributed by atoms with Gasteiger partial charge in [0, 0.05) is 31.8 Å². The van der Waals surface area contributed by atoms with Gasteiger partial charge in [-0.05, 0) is 31.9 Å². The van der Waals surface area contributed by atoms with Crippen molar-refractivity contribution in [1.82, 2.24) is 0 Å². The van der Waals surface area contributed by atoms with E-state index in [1.54, 1.807) is 12.1 Å². The van der Waals surface area contributed by atoms with Crippen LogP contribution in [0.2, 0.25) is 0 Å². The standard InChI is InChI=1S/C15H23FN2O2/c1-2-19-9-10-20-13-3-4-15(14(16)11-13)18-7-5-12(17)6-8-18/h3-4,11-12H,2,5-10,17H2,1H3. The first-order valence-electron chi connectivity index (χ1n) is 7.21. The maximum atomic E-state index is 14.1. The van der Waals surface area contributed by atoms with Crippen LogP contribution >= 0.6 is 0 Å². The van der Waals surface area contributed by atoms with Gasteiger partial charge in [-0.2, -0.15) is 0 Å². The third-order valence-electron chi connectivity index (χ3n) is 3.50. The minimum absolute atomic E-state index is 0.241. The van der Waals surface area contributed by atoms with E-state index in [1.807, 2.05) is 11.8 Å². The number of benzene rings is 1. The van der Waals surface area contributed by atoms with Crippen LogP contribution in [0.4, 0.5) is 10.1 Å². The number of ether oxygens (including phenoxy) is 2. The lowest BCUT2D eigenvalue weighted by molar-refractivity contribution is 0.110. The highest BCUT2D eigenvalue weighted by molar-refractivity contribution is 5.51. The molecular weight excluding hydrogens is 259 g/mol. The molecule has 5 heteroatoms. The Hall–Kier alpha value is -1.33. The number of anilines is 1. The molecule has 1 aliphatic heterocycles. The van der Waals surface area contributed by atoms with E-state index in [1.165, 1.54) is 6.07 Å². The Morgan fingerprint density at radius 1 is 1.30 bits per heavy atom. The molecule has 0 aromatic heterocycles. The van der Waals surface area contributed by atoms with Gasteiger partial charge in [0.1, 0.15) is 18.2 Å². The molecule has 1 saturated heterocycles. The normalized spacial score (nSPS) is 16.4. The first kappa shape index (κ1) is 15.1. The summed E-state index contributed by atoms with van der Waals surface area (Å²) in [5.41, 5.74) is 6.50. The average molecular weight is 282 g/mol. The first-order valence-corrected chi connectivity index (χ1v) is 7.21. The van der Waals surface area contributed by atoms with Crippen LogP contribution in [0.3, 0.4) is 0 Å². The second-order valence-corrected chi connectivity index (χ2v) is 4.98. The van der Waals surface area contributed by atoms with Crippen LogP contribution in [0.25, 0.3) is 0 Å². The van der Waals surface area contributed by atoms with Crippen LogP contribution in [0.1, 0.15) is 19.8 Å². The molecular formula is C15H23FN2O2. The molecule has 20 heavy (non-hydrogen) atoms. The summed E-state index contributed by atoms with van der Waals surface area (Å²) >= 11 is 0. The van der Waals surface area contributed by atoms with Crippen molar-refractivity contribution in [3.8, 4) is 5.75 Å². The largest absolute Gasteiger partial charge is 0.491 e. The van der Waals surface area contributed by atoms with Crippen molar-refractivity contribution in [2.75, 3.05) is 37.8 Å². The number of rotatable bonds is 6. The molecule has 1 aliphatic rings. The molecule has 1 fully saturated rings. The summed E-state index contributed by atoms with van der Waals surface area (Å²) in [6, 6.07) is 5.27. The Labute approximate surface area is 119 Å². The minimum atomic E-state index is -0.241. The van der Waals surface area contributed by atoms with Gasteiger partial charge in [0.25, 0.3) is 0 Å². The van der Waals surface area contributed by atoms with Crippen LogP contribution in [0.15, 0.2) is 18.2 Å². The van der Waals surface area contributed by atoms with Crippen molar-refractivity contribution in [3.05, 3.63) is 24.0 Å². The summed E-state index contributed by atoms with van der Waals surface area (Å²) < 4.78 is 24.7. The number of hydrogen-bond donors (Lipinski definition) is 1. The molecule has 0 amide bonds. The maximum Gasteiger partial charge on any atom is 0.150 e. The highest BCUT2D eigenvalue weighted by Gasteiger charge is 2.19. The molecule has 0 unspecified atom stereocenters. The third-order valence-corrected chi connectivity index (χ3v) is 3.50. The Balaban J connectivity index is 1.92. The topological polar surface area (TPSA) is 47.7 Å². The molecule has 1 heterocycles. The van der Waals surface area contributed by atoms with Gasteiger partial charge in [0.05, 0.1) is 12.3 Å². The monoisotopic (exact) mass is 282 g/mol. The predicted molar refractivity (Wildman–Crippen MR) is 77.8 cm³/mol. The quantitative estimate of drug-likeness (QED) is 0.812. The van der Waals surface area contributed by atoms with E-state index in [9.17, 15) is 4.39 Å². The number of hydrogen-bond acceptors (Lipinski definition) is 4. The molecule has 2 rings (SSSR count). The molecule has 0 bridgehead atoms. The van der Waals surface area contributed by atoms with Gasteiger partial charge >= 0.3 is 0 Å². The Bertz CT molecular complexity index is 420. The second-order valence-electron chi connectivity index (χ2n) is 4.98. The number of nitrogens with two attached hydrogens (primary N) is 1. The lowest BCUT2D eigenvalue weighted by Crippen LogP contribution is -2.40. The lowest BCUT2D eigenvalue weighted by atomic mass is 10.1. The Morgan fingerprint density at radius 2 is 2.05 bits per heavy atom. The average Bonchev–Trinajstić information content (AvgIpc) is 2.45. The molecule has 0 aliphatic carbocycles. The van der Waals surface area contributed by atoms with E-state index in [0.717, 1.165) is 25.9 Å². The molecule has 1 aromatic rings. The van der Waals surface area contributed by atoms with Crippen LogP contribution in [-0.4, -0.2) is 39.0 Å². The fraction of sp³-hybridized carbons (Fsp3) is 0.600. The highest BCUT2D eigenvalue weighted by Crippen LogP contribution is 2.26. The summed E-state index contributed by atoms with van der Waals surface area (Å²) in [6.07, 6.45) is 1.82. The van der Waals surface area contributed by atoms with Gasteiger partial charge in [-0.1, -0.05) is 0 Å². The van der Waals surface area contributed by atoms with E-state index in [2.05, 4.69) is 0 Å². The van der Waals surface area contributed by atoms with E-state index in [0.29, 0.717) is 31.3 Å². The maximum absolute atomic E-state index is 14.1. The van der Waals surface area contributed by atoms with Crippen molar-refractivity contribution < 1.29 is 13.9 Å². The molecule has 0 saturated carbocycles. The molecule has 0 atom stereocenters. The predicted octanol–water partition coefficient (Wildman–Crippen LogP) is 2.17. The Kier molecular flexibility index (Phi) is 5.61. The van der Waals surface area contributed by atoms with Gasteiger partial charge in [0.2, 0.25) is 0 Å². The van der Waals surface area contributed by atoms with Gasteiger partial charge in [0.15, 0.2) is 0 Å². The minimum Gasteiger partial charge on any atom is -0.491 e. The molecule has 1 aromatic carbocycles. The first-order chi connectivity index (χ1) is 9.70. The van der Waals surface area contributed by atoms with E-state index >= 15 is 0 Å². The molecule has 2 N–H and O–H groups in total. The lowest BCUT2D eigenvalue weighted by Gasteiger charge is -2.32. The Morgan fingerprint density at radius 3 is 2.70 bits per heavy atom. The van der Waals surface area contributed by atoms with Crippen LogP contribution in [0.5, 0.6) is 5.75 Å². The molecule has 4 nitrogen and oxygen atoms in total. The summed E-state index contributed by atoms with van der Waals surface area (Å²) in [6.45, 7) is 5.16. The van der Waals surface area contributed by atoms with Crippen molar-refractivity contribution >= 4 is 5.69 Å². The molecule has 112 valence electrons. The second kappa shape index (κ2) is 7.45. The fourth-order valence-corrected chi connectivity index (χ4v) is 2.34.